The molecule has 0 radical (unpaired) electrons. The monoisotopic (exact) mass is 302 g/mol. The second kappa shape index (κ2) is 5.67. The van der Waals surface area contributed by atoms with Crippen LogP contribution in [0.5, 0.6) is 5.75 Å². The Morgan fingerprint density at radius 3 is 2.45 bits per heavy atom. The van der Waals surface area contributed by atoms with Gasteiger partial charge in [-0.1, -0.05) is 20.8 Å². The summed E-state index contributed by atoms with van der Waals surface area (Å²) in [7, 11) is 1.64. The van der Waals surface area contributed by atoms with Crippen molar-refractivity contribution in [2.45, 2.75) is 46.6 Å². The molecule has 0 unspecified atom stereocenters. The maximum Gasteiger partial charge on any atom is 0.268 e. The zero-order valence-electron chi connectivity index (χ0n) is 14.3. The van der Waals surface area contributed by atoms with Crippen LogP contribution in [-0.4, -0.2) is 23.5 Å². The summed E-state index contributed by atoms with van der Waals surface area (Å²) in [5.74, 6) is 0.705. The largest absolute Gasteiger partial charge is 0.497 e. The van der Waals surface area contributed by atoms with Gasteiger partial charge in [0, 0.05) is 16.4 Å². The van der Waals surface area contributed by atoms with E-state index in [2.05, 4.69) is 44.9 Å². The van der Waals surface area contributed by atoms with Gasteiger partial charge in [0.1, 0.15) is 11.4 Å². The van der Waals surface area contributed by atoms with E-state index < -0.39 is 0 Å². The summed E-state index contributed by atoms with van der Waals surface area (Å²) in [5, 5.41) is 4.09. The lowest BCUT2D eigenvalue weighted by Gasteiger charge is -2.33. The fourth-order valence-corrected chi connectivity index (χ4v) is 3.10. The van der Waals surface area contributed by atoms with Crippen molar-refractivity contribution >= 4 is 16.8 Å². The SMILES string of the molecule is COc1ccc2[nH]c(C(=O)NC(C)(C)CC(C)(C)C)cc2c1. The third-order valence-corrected chi connectivity index (χ3v) is 3.50. The minimum absolute atomic E-state index is 0.0792. The third kappa shape index (κ3) is 4.03. The van der Waals surface area contributed by atoms with Crippen LogP contribution in [0.1, 0.15) is 51.5 Å². The molecule has 1 heterocycles. The van der Waals surface area contributed by atoms with Gasteiger partial charge in [-0.15, -0.1) is 0 Å². The quantitative estimate of drug-likeness (QED) is 0.892. The predicted octanol–water partition coefficient (Wildman–Crippen LogP) is 4.12. The van der Waals surface area contributed by atoms with Gasteiger partial charge < -0.3 is 15.0 Å². The smallest absolute Gasteiger partial charge is 0.268 e. The lowest BCUT2D eigenvalue weighted by Crippen LogP contribution is -2.45. The first-order valence-corrected chi connectivity index (χ1v) is 7.59. The fraction of sp³-hybridized carbons (Fsp3) is 0.500. The van der Waals surface area contributed by atoms with Gasteiger partial charge in [-0.3, -0.25) is 4.79 Å². The Balaban J connectivity index is 2.19. The molecule has 0 aliphatic rings. The highest BCUT2D eigenvalue weighted by molar-refractivity contribution is 5.98. The number of fused-ring (bicyclic) bond motifs is 1. The molecule has 120 valence electrons. The van der Waals surface area contributed by atoms with Crippen molar-refractivity contribution in [1.82, 2.24) is 10.3 Å². The number of rotatable bonds is 4. The van der Waals surface area contributed by atoms with Crippen molar-refractivity contribution in [3.05, 3.63) is 30.0 Å². The molecule has 4 heteroatoms. The Morgan fingerprint density at radius 2 is 1.86 bits per heavy atom. The molecule has 0 aliphatic carbocycles. The first kappa shape index (κ1) is 16.4. The number of methoxy groups -OCH3 is 1. The van der Waals surface area contributed by atoms with Gasteiger partial charge in [-0.05, 0) is 49.9 Å². The van der Waals surface area contributed by atoms with Crippen molar-refractivity contribution in [2.75, 3.05) is 7.11 Å². The summed E-state index contributed by atoms with van der Waals surface area (Å²) in [6.07, 6.45) is 0.903. The van der Waals surface area contributed by atoms with Gasteiger partial charge in [-0.25, -0.2) is 0 Å². The number of aromatic amines is 1. The number of carbonyl (C=O) groups is 1. The van der Waals surface area contributed by atoms with E-state index in [1.54, 1.807) is 7.11 Å². The highest BCUT2D eigenvalue weighted by Gasteiger charge is 2.27. The number of hydrogen-bond donors (Lipinski definition) is 2. The molecule has 4 nitrogen and oxygen atoms in total. The second-order valence-electron chi connectivity index (χ2n) is 7.71. The van der Waals surface area contributed by atoms with Crippen molar-refractivity contribution in [3.8, 4) is 5.75 Å². The molecule has 1 aromatic heterocycles. The first-order valence-electron chi connectivity index (χ1n) is 7.59. The molecule has 2 N–H and O–H groups in total. The van der Waals surface area contributed by atoms with Gasteiger partial charge in [0.25, 0.3) is 5.91 Å². The molecule has 0 spiro atoms. The summed E-state index contributed by atoms with van der Waals surface area (Å²) >= 11 is 0. The molecule has 0 atom stereocenters. The normalized spacial score (nSPS) is 12.5. The van der Waals surface area contributed by atoms with Crippen LogP contribution in [0.2, 0.25) is 0 Å². The molecular weight excluding hydrogens is 276 g/mol. The first-order chi connectivity index (χ1) is 10.1. The minimum atomic E-state index is -0.260. The van der Waals surface area contributed by atoms with E-state index in [-0.39, 0.29) is 16.9 Å². The van der Waals surface area contributed by atoms with E-state index in [1.807, 2.05) is 24.3 Å². The third-order valence-electron chi connectivity index (χ3n) is 3.50. The highest BCUT2D eigenvalue weighted by atomic mass is 16.5. The van der Waals surface area contributed by atoms with Crippen molar-refractivity contribution < 1.29 is 9.53 Å². The number of nitrogens with one attached hydrogen (secondary N) is 2. The van der Waals surface area contributed by atoms with Crippen molar-refractivity contribution in [1.29, 1.82) is 0 Å². The predicted molar refractivity (Wildman–Crippen MR) is 90.5 cm³/mol. The minimum Gasteiger partial charge on any atom is -0.497 e. The Hall–Kier alpha value is -1.97. The van der Waals surface area contributed by atoms with Gasteiger partial charge in [0.15, 0.2) is 0 Å². The standard InChI is InChI=1S/C18H26N2O2/c1-17(2,3)11-18(4,5)20-16(21)15-10-12-9-13(22-6)7-8-14(12)19-15/h7-10,19H,11H2,1-6H3,(H,20,21). The molecule has 22 heavy (non-hydrogen) atoms. The van der Waals surface area contributed by atoms with E-state index in [4.69, 9.17) is 4.74 Å². The molecule has 2 rings (SSSR count). The maximum absolute atomic E-state index is 12.5. The zero-order chi connectivity index (χ0) is 16.5. The van der Waals surface area contributed by atoms with Crippen LogP contribution in [0.4, 0.5) is 0 Å². The average Bonchev–Trinajstić information content (AvgIpc) is 2.77. The number of carbonyl (C=O) groups excluding carboxylic acids is 1. The van der Waals surface area contributed by atoms with E-state index in [0.717, 1.165) is 23.1 Å². The van der Waals surface area contributed by atoms with Crippen LogP contribution < -0.4 is 10.1 Å². The molecule has 0 saturated carbocycles. The van der Waals surface area contributed by atoms with Crippen LogP contribution in [0, 0.1) is 5.41 Å². The molecule has 1 amide bonds. The van der Waals surface area contributed by atoms with Crippen LogP contribution in [0.15, 0.2) is 24.3 Å². The van der Waals surface area contributed by atoms with E-state index in [1.165, 1.54) is 0 Å². The summed E-state index contributed by atoms with van der Waals surface area (Å²) in [5.41, 5.74) is 1.40. The molecular formula is C18H26N2O2. The molecule has 1 aromatic carbocycles. The molecule has 0 fully saturated rings. The Labute approximate surface area is 132 Å². The molecule has 0 saturated heterocycles. The van der Waals surface area contributed by atoms with Crippen LogP contribution in [-0.2, 0) is 0 Å². The number of aromatic nitrogens is 1. The molecule has 0 aliphatic heterocycles. The number of H-pyrrole nitrogens is 1. The summed E-state index contributed by atoms with van der Waals surface area (Å²) < 4.78 is 5.21. The van der Waals surface area contributed by atoms with Gasteiger partial charge in [0.05, 0.1) is 7.11 Å². The van der Waals surface area contributed by atoms with Gasteiger partial charge >= 0.3 is 0 Å². The van der Waals surface area contributed by atoms with Crippen LogP contribution in [0.25, 0.3) is 10.9 Å². The number of benzene rings is 1. The number of ether oxygens (including phenoxy) is 1. The second-order valence-corrected chi connectivity index (χ2v) is 7.71. The van der Waals surface area contributed by atoms with E-state index in [0.29, 0.717) is 5.69 Å². The summed E-state index contributed by atoms with van der Waals surface area (Å²) in [4.78, 5) is 15.7. The summed E-state index contributed by atoms with van der Waals surface area (Å²) in [6.45, 7) is 10.6. The van der Waals surface area contributed by atoms with Gasteiger partial charge in [-0.2, -0.15) is 0 Å². The van der Waals surface area contributed by atoms with E-state index >= 15 is 0 Å². The highest BCUT2D eigenvalue weighted by Crippen LogP contribution is 2.27. The van der Waals surface area contributed by atoms with Crippen molar-refractivity contribution in [2.24, 2.45) is 5.41 Å². The molecule has 2 aromatic rings. The number of amides is 1. The lowest BCUT2D eigenvalue weighted by molar-refractivity contribution is 0.0887. The zero-order valence-corrected chi connectivity index (χ0v) is 14.3. The van der Waals surface area contributed by atoms with Crippen molar-refractivity contribution in [3.63, 3.8) is 0 Å². The number of hydrogen-bond acceptors (Lipinski definition) is 2. The Morgan fingerprint density at radius 1 is 1.18 bits per heavy atom. The van der Waals surface area contributed by atoms with Crippen LogP contribution >= 0.6 is 0 Å². The van der Waals surface area contributed by atoms with E-state index in [9.17, 15) is 4.79 Å². The summed E-state index contributed by atoms with van der Waals surface area (Å²) in [6, 6.07) is 7.58. The van der Waals surface area contributed by atoms with Gasteiger partial charge in [0.2, 0.25) is 0 Å². The lowest BCUT2D eigenvalue weighted by atomic mass is 9.82. The maximum atomic E-state index is 12.5. The Kier molecular flexibility index (Phi) is 4.23. The van der Waals surface area contributed by atoms with Crippen LogP contribution in [0.3, 0.4) is 0 Å². The molecule has 0 bridgehead atoms. The topological polar surface area (TPSA) is 54.1 Å². The Bertz CT molecular complexity index is 678. The fourth-order valence-electron chi connectivity index (χ4n) is 3.10. The average molecular weight is 302 g/mol.